The molecule has 2 amide bonds. The average molecular weight is 670 g/mol. The highest BCUT2D eigenvalue weighted by Gasteiger charge is 2.37. The number of rotatable bonds is 10. The molecule has 0 saturated carbocycles. The van der Waals surface area contributed by atoms with Gasteiger partial charge in [-0.1, -0.05) is 90.5 Å². The van der Waals surface area contributed by atoms with E-state index in [0.717, 1.165) is 58.6 Å². The van der Waals surface area contributed by atoms with Gasteiger partial charge in [-0.25, -0.2) is 4.79 Å². The second-order valence-electron chi connectivity index (χ2n) is 12.7. The van der Waals surface area contributed by atoms with E-state index in [4.69, 9.17) is 21.1 Å². The molecule has 4 aromatic carbocycles. The van der Waals surface area contributed by atoms with Crippen LogP contribution in [0.3, 0.4) is 0 Å². The van der Waals surface area contributed by atoms with Crippen LogP contribution in [0, 0.1) is 0 Å². The molecule has 2 heterocycles. The third kappa shape index (κ3) is 8.44. The fourth-order valence-corrected chi connectivity index (χ4v) is 6.70. The number of benzene rings is 4. The van der Waals surface area contributed by atoms with Gasteiger partial charge in [-0.2, -0.15) is 0 Å². The molecule has 3 unspecified atom stereocenters. The highest BCUT2D eigenvalue weighted by molar-refractivity contribution is 6.30. The van der Waals surface area contributed by atoms with E-state index in [2.05, 4.69) is 51.9 Å². The van der Waals surface area contributed by atoms with Crippen LogP contribution in [-0.4, -0.2) is 53.4 Å². The maximum Gasteiger partial charge on any atom is 0.315 e. The molecule has 48 heavy (non-hydrogen) atoms. The molecule has 3 atom stereocenters. The lowest BCUT2D eigenvalue weighted by Crippen LogP contribution is -2.46. The third-order valence-corrected chi connectivity index (χ3v) is 9.63. The minimum atomic E-state index is -0.862. The molecule has 2 aliphatic heterocycles. The van der Waals surface area contributed by atoms with E-state index >= 15 is 0 Å². The molecular weight excluding hydrogens is 626 g/mol. The summed E-state index contributed by atoms with van der Waals surface area (Å²) in [4.78, 5) is 14.2. The Balaban J connectivity index is 1.15. The van der Waals surface area contributed by atoms with Gasteiger partial charge in [0.15, 0.2) is 6.29 Å². The molecule has 252 valence electrons. The first-order valence-corrected chi connectivity index (χ1v) is 17.1. The number of amides is 2. The van der Waals surface area contributed by atoms with E-state index < -0.39 is 11.9 Å². The van der Waals surface area contributed by atoms with Crippen LogP contribution >= 0.6 is 11.6 Å². The number of piperidine rings is 1. The standard InChI is InChI=1S/C39H44ClN3O5/c1-2-41-38(45)42-24-28-4-3-5-32(22-28)29-10-12-31(13-11-29)37-47-35(23-36(48-37)30-8-6-27(26-44)7-9-30)25-43-20-18-39(46,19-21-43)33-14-16-34(40)17-15-33/h3-17,22,35-37,44,46H,2,18-21,23-26H2,1H3,(H2,41,42,45). The summed E-state index contributed by atoms with van der Waals surface area (Å²) in [6.07, 6.45) is 1.16. The van der Waals surface area contributed by atoms with Gasteiger partial charge < -0.3 is 35.2 Å². The smallest absolute Gasteiger partial charge is 0.315 e. The molecule has 2 saturated heterocycles. The highest BCUT2D eigenvalue weighted by atomic mass is 35.5. The second kappa shape index (κ2) is 15.6. The molecule has 6 rings (SSSR count). The number of halogens is 1. The average Bonchev–Trinajstić information content (AvgIpc) is 3.12. The Bertz CT molecular complexity index is 1640. The number of nitrogens with zero attached hydrogens (tertiary/aromatic N) is 1. The van der Waals surface area contributed by atoms with Gasteiger partial charge in [0, 0.05) is 49.7 Å². The van der Waals surface area contributed by atoms with Crippen molar-refractivity contribution < 1.29 is 24.5 Å². The first-order valence-electron chi connectivity index (χ1n) is 16.7. The van der Waals surface area contributed by atoms with Crippen molar-refractivity contribution in [3.63, 3.8) is 0 Å². The summed E-state index contributed by atoms with van der Waals surface area (Å²) >= 11 is 6.09. The maximum atomic E-state index is 11.9. The molecule has 0 spiro atoms. The van der Waals surface area contributed by atoms with Crippen molar-refractivity contribution >= 4 is 17.6 Å². The lowest BCUT2D eigenvalue weighted by Gasteiger charge is -2.42. The van der Waals surface area contributed by atoms with Gasteiger partial charge in [0.25, 0.3) is 0 Å². The number of carbonyl (C=O) groups is 1. The number of hydrogen-bond donors (Lipinski definition) is 4. The largest absolute Gasteiger partial charge is 0.392 e. The molecule has 9 heteroatoms. The fraction of sp³-hybridized carbons (Fsp3) is 0.359. The first kappa shape index (κ1) is 34.1. The van der Waals surface area contributed by atoms with Crippen molar-refractivity contribution in [3.05, 3.63) is 130 Å². The Morgan fingerprint density at radius 3 is 2.27 bits per heavy atom. The van der Waals surface area contributed by atoms with Gasteiger partial charge >= 0.3 is 6.03 Å². The SMILES string of the molecule is CCNC(=O)NCc1cccc(-c2ccc(C3OC(CN4CCC(O)(c5ccc(Cl)cc5)CC4)CC(c4ccc(CO)cc4)O3)cc2)c1. The van der Waals surface area contributed by atoms with E-state index in [-0.39, 0.29) is 24.8 Å². The Morgan fingerprint density at radius 1 is 0.875 bits per heavy atom. The van der Waals surface area contributed by atoms with Crippen molar-refractivity contribution in [2.75, 3.05) is 26.2 Å². The molecule has 4 aromatic rings. The van der Waals surface area contributed by atoms with Gasteiger partial charge in [-0.05, 0) is 71.3 Å². The van der Waals surface area contributed by atoms with Crippen LogP contribution in [0.1, 0.15) is 66.4 Å². The summed E-state index contributed by atoms with van der Waals surface area (Å²) < 4.78 is 13.2. The predicted octanol–water partition coefficient (Wildman–Crippen LogP) is 6.85. The minimum Gasteiger partial charge on any atom is -0.392 e. The monoisotopic (exact) mass is 669 g/mol. The van der Waals surface area contributed by atoms with E-state index in [1.54, 1.807) is 0 Å². The molecule has 0 aliphatic carbocycles. The molecular formula is C39H44ClN3O5. The van der Waals surface area contributed by atoms with Gasteiger partial charge in [0.05, 0.1) is 24.4 Å². The van der Waals surface area contributed by atoms with Crippen LogP contribution in [-0.2, 0) is 28.2 Å². The molecule has 0 bridgehead atoms. The lowest BCUT2D eigenvalue weighted by atomic mass is 9.84. The van der Waals surface area contributed by atoms with E-state index in [1.807, 2.05) is 67.6 Å². The van der Waals surface area contributed by atoms with Crippen molar-refractivity contribution in [2.45, 2.75) is 63.4 Å². The summed E-state index contributed by atoms with van der Waals surface area (Å²) in [7, 11) is 0. The summed E-state index contributed by atoms with van der Waals surface area (Å²) in [5.41, 5.74) is 6.03. The summed E-state index contributed by atoms with van der Waals surface area (Å²) in [5.74, 6) is 0. The summed E-state index contributed by atoms with van der Waals surface area (Å²) in [6, 6.07) is 31.7. The van der Waals surface area contributed by atoms with Gasteiger partial charge in [0.2, 0.25) is 0 Å². The molecule has 0 aromatic heterocycles. The van der Waals surface area contributed by atoms with Gasteiger partial charge in [-0.15, -0.1) is 0 Å². The quantitative estimate of drug-likeness (QED) is 0.147. The Labute approximate surface area is 287 Å². The summed E-state index contributed by atoms with van der Waals surface area (Å²) in [5, 5.41) is 27.3. The molecule has 2 aliphatic rings. The molecule has 0 radical (unpaired) electrons. The van der Waals surface area contributed by atoms with Crippen molar-refractivity contribution in [3.8, 4) is 11.1 Å². The Hall–Kier alpha value is -3.76. The van der Waals surface area contributed by atoms with E-state index in [1.165, 1.54) is 0 Å². The Morgan fingerprint density at radius 2 is 1.58 bits per heavy atom. The number of nitrogens with one attached hydrogen (secondary N) is 2. The van der Waals surface area contributed by atoms with Crippen molar-refractivity contribution in [1.29, 1.82) is 0 Å². The molecule has 2 fully saturated rings. The van der Waals surface area contributed by atoms with Crippen molar-refractivity contribution in [2.24, 2.45) is 0 Å². The zero-order valence-corrected chi connectivity index (χ0v) is 28.0. The molecule has 8 nitrogen and oxygen atoms in total. The van der Waals surface area contributed by atoms with E-state index in [9.17, 15) is 15.0 Å². The van der Waals surface area contributed by atoms with Crippen LogP contribution in [0.25, 0.3) is 11.1 Å². The number of ether oxygens (including phenoxy) is 2. The second-order valence-corrected chi connectivity index (χ2v) is 13.2. The number of aliphatic hydroxyl groups is 2. The number of hydrogen-bond acceptors (Lipinski definition) is 6. The van der Waals surface area contributed by atoms with Gasteiger partial charge in [-0.3, -0.25) is 0 Å². The normalized spacial score (nSPS) is 21.0. The van der Waals surface area contributed by atoms with Crippen LogP contribution in [0.2, 0.25) is 5.02 Å². The lowest BCUT2D eigenvalue weighted by molar-refractivity contribution is -0.253. The topological polar surface area (TPSA) is 103 Å². The molecule has 4 N–H and O–H groups in total. The number of likely N-dealkylation sites (tertiary alicyclic amines) is 1. The Kier molecular flexibility index (Phi) is 11.1. The zero-order chi connectivity index (χ0) is 33.5. The number of urea groups is 1. The number of aliphatic hydroxyl groups excluding tert-OH is 1. The van der Waals surface area contributed by atoms with Crippen LogP contribution in [0.4, 0.5) is 4.79 Å². The maximum absolute atomic E-state index is 11.9. The zero-order valence-electron chi connectivity index (χ0n) is 27.3. The van der Waals surface area contributed by atoms with Crippen LogP contribution in [0.15, 0.2) is 97.1 Å². The van der Waals surface area contributed by atoms with Crippen LogP contribution in [0.5, 0.6) is 0 Å². The third-order valence-electron chi connectivity index (χ3n) is 9.38. The summed E-state index contributed by atoms with van der Waals surface area (Å²) in [6.45, 7) is 5.16. The minimum absolute atomic E-state index is 0.00253. The van der Waals surface area contributed by atoms with Gasteiger partial charge in [0.1, 0.15) is 0 Å². The van der Waals surface area contributed by atoms with Crippen LogP contribution < -0.4 is 10.6 Å². The highest BCUT2D eigenvalue weighted by Crippen LogP contribution is 2.40. The van der Waals surface area contributed by atoms with Crippen molar-refractivity contribution in [1.82, 2.24) is 15.5 Å². The predicted molar refractivity (Wildman–Crippen MR) is 187 cm³/mol. The first-order chi connectivity index (χ1) is 23.3. The van der Waals surface area contributed by atoms with E-state index in [0.29, 0.717) is 37.4 Å². The number of carbonyl (C=O) groups excluding carboxylic acids is 1. The fourth-order valence-electron chi connectivity index (χ4n) is 6.57.